The highest BCUT2D eigenvalue weighted by atomic mass is 16.4. The van der Waals surface area contributed by atoms with Crippen LogP contribution in [0.3, 0.4) is 0 Å². The second-order valence-electron chi connectivity index (χ2n) is 4.94. The lowest BCUT2D eigenvalue weighted by molar-refractivity contribution is 0.0697. The molecule has 17 heavy (non-hydrogen) atoms. The van der Waals surface area contributed by atoms with Crippen molar-refractivity contribution in [2.45, 2.75) is 46.1 Å². The molecule has 0 amide bonds. The van der Waals surface area contributed by atoms with Crippen molar-refractivity contribution < 1.29 is 9.90 Å². The number of hydrogen-bond donors (Lipinski definition) is 2. The average Bonchev–Trinajstić information content (AvgIpc) is 2.15. The van der Waals surface area contributed by atoms with Gasteiger partial charge >= 0.3 is 5.97 Å². The van der Waals surface area contributed by atoms with Crippen molar-refractivity contribution in [1.29, 1.82) is 0 Å². The molecule has 1 rings (SSSR count). The number of carbonyl (C=O) groups is 1. The molecule has 0 aliphatic carbocycles. The second-order valence-corrected chi connectivity index (χ2v) is 4.94. The number of anilines is 1. The first-order chi connectivity index (χ1) is 7.85. The van der Waals surface area contributed by atoms with Crippen molar-refractivity contribution >= 4 is 11.7 Å². The fourth-order valence-corrected chi connectivity index (χ4v) is 1.89. The van der Waals surface area contributed by atoms with Gasteiger partial charge < -0.3 is 10.4 Å². The summed E-state index contributed by atoms with van der Waals surface area (Å²) in [5.74, 6) is -0.952. The summed E-state index contributed by atoms with van der Waals surface area (Å²) < 4.78 is 0. The number of nitrogens with zero attached hydrogens (tertiary/aromatic N) is 1. The van der Waals surface area contributed by atoms with Gasteiger partial charge in [0.25, 0.3) is 0 Å². The van der Waals surface area contributed by atoms with Crippen LogP contribution in [0, 0.1) is 6.92 Å². The Kier molecular flexibility index (Phi) is 4.10. The number of aryl methyl sites for hydroxylation is 1. The van der Waals surface area contributed by atoms with Crippen molar-refractivity contribution in [3.05, 3.63) is 23.5 Å². The van der Waals surface area contributed by atoms with Crippen LogP contribution in [0.5, 0.6) is 0 Å². The fourth-order valence-electron chi connectivity index (χ4n) is 1.89. The number of aromatic carboxylic acids is 1. The summed E-state index contributed by atoms with van der Waals surface area (Å²) in [4.78, 5) is 15.1. The Bertz CT molecular complexity index is 414. The zero-order valence-electron chi connectivity index (χ0n) is 10.9. The van der Waals surface area contributed by atoms with Gasteiger partial charge in [-0.25, -0.2) is 4.79 Å². The van der Waals surface area contributed by atoms with E-state index in [1.165, 1.54) is 6.20 Å². The molecule has 0 unspecified atom stereocenters. The molecule has 0 spiro atoms. The van der Waals surface area contributed by atoms with Crippen molar-refractivity contribution in [2.24, 2.45) is 0 Å². The zero-order valence-corrected chi connectivity index (χ0v) is 10.9. The first kappa shape index (κ1) is 13.5. The van der Waals surface area contributed by atoms with Crippen LogP contribution in [0.1, 0.15) is 49.7 Å². The molecular weight excluding hydrogens is 216 g/mol. The molecule has 1 aromatic rings. The number of carboxylic acids is 1. The molecule has 0 bridgehead atoms. The maximum Gasteiger partial charge on any atom is 0.339 e. The molecule has 4 heteroatoms. The minimum Gasteiger partial charge on any atom is -0.478 e. The summed E-state index contributed by atoms with van der Waals surface area (Å²) in [7, 11) is 0. The summed E-state index contributed by atoms with van der Waals surface area (Å²) in [5.41, 5.74) is 1.56. The summed E-state index contributed by atoms with van der Waals surface area (Å²) >= 11 is 0. The molecule has 0 saturated heterocycles. The molecule has 4 nitrogen and oxygen atoms in total. The molecule has 0 aromatic carbocycles. The van der Waals surface area contributed by atoms with Crippen LogP contribution < -0.4 is 5.32 Å². The van der Waals surface area contributed by atoms with Crippen molar-refractivity contribution in [3.63, 3.8) is 0 Å². The van der Waals surface area contributed by atoms with Gasteiger partial charge in [-0.15, -0.1) is 0 Å². The lowest BCUT2D eigenvalue weighted by atomic mass is 9.98. The quantitative estimate of drug-likeness (QED) is 0.824. The number of nitrogens with one attached hydrogen (secondary N) is 1. The van der Waals surface area contributed by atoms with Gasteiger partial charge in [0.15, 0.2) is 0 Å². The maximum absolute atomic E-state index is 11.1. The summed E-state index contributed by atoms with van der Waals surface area (Å²) in [6, 6.07) is 1.78. The van der Waals surface area contributed by atoms with E-state index in [2.05, 4.69) is 31.1 Å². The molecule has 0 fully saturated rings. The normalized spacial score (nSPS) is 11.3. The van der Waals surface area contributed by atoms with E-state index in [4.69, 9.17) is 5.11 Å². The SMILES string of the molecule is CCCC(C)(C)Nc1cc(C)ncc1C(=O)O. The molecule has 1 heterocycles. The van der Waals surface area contributed by atoms with Crippen LogP contribution in [0.2, 0.25) is 0 Å². The number of carboxylic acid groups (broad SMARTS) is 1. The summed E-state index contributed by atoms with van der Waals surface area (Å²) in [5, 5.41) is 12.4. The lowest BCUT2D eigenvalue weighted by Crippen LogP contribution is -2.31. The van der Waals surface area contributed by atoms with Gasteiger partial charge in [0.2, 0.25) is 0 Å². The van der Waals surface area contributed by atoms with Gasteiger partial charge in [-0.1, -0.05) is 13.3 Å². The van der Waals surface area contributed by atoms with E-state index in [1.54, 1.807) is 6.07 Å². The molecule has 1 aromatic heterocycles. The van der Waals surface area contributed by atoms with Crippen LogP contribution >= 0.6 is 0 Å². The van der Waals surface area contributed by atoms with E-state index in [0.29, 0.717) is 5.69 Å². The largest absolute Gasteiger partial charge is 0.478 e. The molecule has 0 aliphatic rings. The van der Waals surface area contributed by atoms with E-state index in [1.807, 2.05) is 6.92 Å². The molecule has 2 N–H and O–H groups in total. The van der Waals surface area contributed by atoms with Gasteiger partial charge in [0, 0.05) is 17.4 Å². The zero-order chi connectivity index (χ0) is 13.1. The molecule has 0 aliphatic heterocycles. The fraction of sp³-hybridized carbons (Fsp3) is 0.538. The van der Waals surface area contributed by atoms with Crippen molar-refractivity contribution in [2.75, 3.05) is 5.32 Å². The number of rotatable bonds is 5. The summed E-state index contributed by atoms with van der Waals surface area (Å²) in [6.07, 6.45) is 3.43. The first-order valence-electron chi connectivity index (χ1n) is 5.84. The molecule has 0 atom stereocenters. The number of pyridine rings is 1. The Hall–Kier alpha value is -1.58. The Morgan fingerprint density at radius 3 is 2.71 bits per heavy atom. The minimum absolute atomic E-state index is 0.118. The van der Waals surface area contributed by atoms with Gasteiger partial charge in [0.05, 0.1) is 5.69 Å². The predicted octanol–water partition coefficient (Wildman–Crippen LogP) is 3.08. The highest BCUT2D eigenvalue weighted by Gasteiger charge is 2.20. The lowest BCUT2D eigenvalue weighted by Gasteiger charge is -2.28. The minimum atomic E-state index is -0.952. The van der Waals surface area contributed by atoms with Crippen LogP contribution in [-0.2, 0) is 0 Å². The van der Waals surface area contributed by atoms with Crippen molar-refractivity contribution in [3.8, 4) is 0 Å². The van der Waals surface area contributed by atoms with Gasteiger partial charge in [-0.2, -0.15) is 0 Å². The van der Waals surface area contributed by atoms with Crippen LogP contribution in [-0.4, -0.2) is 21.6 Å². The Labute approximate surface area is 102 Å². The maximum atomic E-state index is 11.1. The third-order valence-corrected chi connectivity index (χ3v) is 2.62. The predicted molar refractivity (Wildman–Crippen MR) is 68.5 cm³/mol. The molecule has 94 valence electrons. The van der Waals surface area contributed by atoms with E-state index < -0.39 is 5.97 Å². The molecule has 0 saturated carbocycles. The Balaban J connectivity index is 3.04. The van der Waals surface area contributed by atoms with Gasteiger partial charge in [-0.05, 0) is 33.3 Å². The van der Waals surface area contributed by atoms with E-state index >= 15 is 0 Å². The van der Waals surface area contributed by atoms with E-state index in [-0.39, 0.29) is 11.1 Å². The van der Waals surface area contributed by atoms with E-state index in [0.717, 1.165) is 18.5 Å². The topological polar surface area (TPSA) is 62.2 Å². The highest BCUT2D eigenvalue weighted by molar-refractivity contribution is 5.94. The van der Waals surface area contributed by atoms with Gasteiger partial charge in [-0.3, -0.25) is 4.98 Å². The van der Waals surface area contributed by atoms with Gasteiger partial charge in [0.1, 0.15) is 5.56 Å². The van der Waals surface area contributed by atoms with E-state index in [9.17, 15) is 4.79 Å². The van der Waals surface area contributed by atoms with Crippen molar-refractivity contribution in [1.82, 2.24) is 4.98 Å². The van der Waals surface area contributed by atoms with Crippen LogP contribution in [0.25, 0.3) is 0 Å². The Morgan fingerprint density at radius 1 is 1.53 bits per heavy atom. The number of hydrogen-bond acceptors (Lipinski definition) is 3. The molecule has 0 radical (unpaired) electrons. The third-order valence-electron chi connectivity index (χ3n) is 2.62. The monoisotopic (exact) mass is 236 g/mol. The van der Waals surface area contributed by atoms with Crippen LogP contribution in [0.15, 0.2) is 12.3 Å². The summed E-state index contributed by atoms with van der Waals surface area (Å²) in [6.45, 7) is 8.10. The highest BCUT2D eigenvalue weighted by Crippen LogP contribution is 2.23. The average molecular weight is 236 g/mol. The third kappa shape index (κ3) is 3.73. The first-order valence-corrected chi connectivity index (χ1v) is 5.84. The molecular formula is C13H20N2O2. The number of aromatic nitrogens is 1. The standard InChI is InChI=1S/C13H20N2O2/c1-5-6-13(3,4)15-11-7-9(2)14-8-10(11)12(16)17/h7-8H,5-6H2,1-4H3,(H,14,15)(H,16,17). The smallest absolute Gasteiger partial charge is 0.339 e. The second kappa shape index (κ2) is 5.17. The van der Waals surface area contributed by atoms with Crippen LogP contribution in [0.4, 0.5) is 5.69 Å². The Morgan fingerprint density at radius 2 is 2.18 bits per heavy atom.